The molecule has 0 bridgehead atoms. The number of carbonyl (C=O) groups is 1. The molecule has 0 aliphatic heterocycles. The number of nitrogens with zero attached hydrogens (tertiary/aromatic N) is 2. The van der Waals surface area contributed by atoms with Crippen LogP contribution in [0.25, 0.3) is 11.4 Å². The van der Waals surface area contributed by atoms with E-state index in [4.69, 9.17) is 0 Å². The Bertz CT molecular complexity index is 867. The van der Waals surface area contributed by atoms with Crippen molar-refractivity contribution in [1.29, 1.82) is 0 Å². The van der Waals surface area contributed by atoms with E-state index >= 15 is 0 Å². The van der Waals surface area contributed by atoms with Crippen LogP contribution in [0.4, 0.5) is 4.39 Å². The maximum Gasteiger partial charge on any atom is 0.233 e. The molecular weight excluding hydrogens is 351 g/mol. The minimum atomic E-state index is -0.364. The first-order valence-corrected chi connectivity index (χ1v) is 9.11. The number of amides is 1. The summed E-state index contributed by atoms with van der Waals surface area (Å²) in [6.07, 6.45) is 0. The molecular formula is C19H19FN4OS. The predicted molar refractivity (Wildman–Crippen MR) is 100 cm³/mol. The summed E-state index contributed by atoms with van der Waals surface area (Å²) < 4.78 is 13.0. The summed E-state index contributed by atoms with van der Waals surface area (Å²) in [7, 11) is 0. The van der Waals surface area contributed by atoms with Gasteiger partial charge in [0.25, 0.3) is 0 Å². The Morgan fingerprint density at radius 2 is 1.81 bits per heavy atom. The second kappa shape index (κ2) is 8.14. The molecule has 2 N–H and O–H groups in total. The van der Waals surface area contributed by atoms with Gasteiger partial charge >= 0.3 is 0 Å². The molecule has 1 heterocycles. The van der Waals surface area contributed by atoms with Gasteiger partial charge in [-0.3, -0.25) is 9.89 Å². The highest BCUT2D eigenvalue weighted by Gasteiger charge is 2.19. The quantitative estimate of drug-likeness (QED) is 0.644. The van der Waals surface area contributed by atoms with Crippen molar-refractivity contribution < 1.29 is 9.18 Å². The van der Waals surface area contributed by atoms with Crippen molar-refractivity contribution in [1.82, 2.24) is 20.5 Å². The SMILES string of the molecule is C[C@H](Sc1n[nH]c(-c2ccccc2)n1)C(=O)N[C@H](C)c1ccc(F)cc1. The first kappa shape index (κ1) is 18.1. The highest BCUT2D eigenvalue weighted by Crippen LogP contribution is 2.23. The van der Waals surface area contributed by atoms with E-state index in [0.717, 1.165) is 11.1 Å². The van der Waals surface area contributed by atoms with Gasteiger partial charge in [-0.1, -0.05) is 54.2 Å². The number of hydrogen-bond donors (Lipinski definition) is 2. The number of carbonyl (C=O) groups excluding carboxylic acids is 1. The van der Waals surface area contributed by atoms with Gasteiger partial charge in [0.1, 0.15) is 5.82 Å². The summed E-state index contributed by atoms with van der Waals surface area (Å²) in [5, 5.41) is 10.1. The average Bonchev–Trinajstić information content (AvgIpc) is 3.11. The van der Waals surface area contributed by atoms with Gasteiger partial charge in [-0.25, -0.2) is 9.37 Å². The van der Waals surface area contributed by atoms with Crippen LogP contribution in [-0.2, 0) is 4.79 Å². The van der Waals surface area contributed by atoms with Gasteiger partial charge in [0.15, 0.2) is 5.82 Å². The Morgan fingerprint density at radius 3 is 2.50 bits per heavy atom. The van der Waals surface area contributed by atoms with Gasteiger partial charge in [-0.05, 0) is 31.5 Å². The molecule has 0 spiro atoms. The number of H-pyrrole nitrogens is 1. The maximum absolute atomic E-state index is 13.0. The first-order valence-electron chi connectivity index (χ1n) is 8.23. The molecule has 0 fully saturated rings. The van der Waals surface area contributed by atoms with Crippen LogP contribution >= 0.6 is 11.8 Å². The zero-order valence-corrected chi connectivity index (χ0v) is 15.3. The van der Waals surface area contributed by atoms with Crippen LogP contribution in [-0.4, -0.2) is 26.3 Å². The van der Waals surface area contributed by atoms with Crippen LogP contribution < -0.4 is 5.32 Å². The summed E-state index contributed by atoms with van der Waals surface area (Å²) in [6, 6.07) is 15.6. The van der Waals surface area contributed by atoms with Crippen LogP contribution in [0.2, 0.25) is 0 Å². The van der Waals surface area contributed by atoms with Gasteiger partial charge in [-0.2, -0.15) is 0 Å². The van der Waals surface area contributed by atoms with Crippen LogP contribution in [0.1, 0.15) is 25.5 Å². The molecule has 0 aliphatic rings. The fourth-order valence-electron chi connectivity index (χ4n) is 2.40. The molecule has 1 amide bonds. The highest BCUT2D eigenvalue weighted by atomic mass is 32.2. The minimum absolute atomic E-state index is 0.127. The molecule has 1 aromatic heterocycles. The Kier molecular flexibility index (Phi) is 5.68. The van der Waals surface area contributed by atoms with Crippen molar-refractivity contribution >= 4 is 17.7 Å². The molecule has 134 valence electrons. The lowest BCUT2D eigenvalue weighted by Gasteiger charge is -2.17. The lowest BCUT2D eigenvalue weighted by molar-refractivity contribution is -0.120. The third-order valence-electron chi connectivity index (χ3n) is 3.89. The number of hydrogen-bond acceptors (Lipinski definition) is 4. The van der Waals surface area contributed by atoms with E-state index in [1.54, 1.807) is 19.1 Å². The standard InChI is InChI=1S/C19H19FN4OS/c1-12(14-8-10-16(20)11-9-14)21-18(25)13(2)26-19-22-17(23-24-19)15-6-4-3-5-7-15/h3-13H,1-2H3,(H,21,25)(H,22,23,24)/t12-,13+/m1/s1. The molecule has 0 aliphatic carbocycles. The van der Waals surface area contributed by atoms with Crippen LogP contribution in [0.15, 0.2) is 59.8 Å². The van der Waals surface area contributed by atoms with E-state index in [1.165, 1.54) is 23.9 Å². The monoisotopic (exact) mass is 370 g/mol. The van der Waals surface area contributed by atoms with Crippen LogP contribution in [0.5, 0.6) is 0 Å². The highest BCUT2D eigenvalue weighted by molar-refractivity contribution is 8.00. The Labute approximate surface area is 155 Å². The molecule has 3 aromatic rings. The van der Waals surface area contributed by atoms with Crippen molar-refractivity contribution in [3.05, 3.63) is 66.0 Å². The largest absolute Gasteiger partial charge is 0.349 e. The summed E-state index contributed by atoms with van der Waals surface area (Å²) >= 11 is 1.28. The van der Waals surface area contributed by atoms with Crippen molar-refractivity contribution in [2.45, 2.75) is 30.3 Å². The van der Waals surface area contributed by atoms with Crippen LogP contribution in [0, 0.1) is 5.82 Å². The first-order chi connectivity index (χ1) is 12.5. The molecule has 7 heteroatoms. The molecule has 26 heavy (non-hydrogen) atoms. The Morgan fingerprint density at radius 1 is 1.12 bits per heavy atom. The van der Waals surface area contributed by atoms with Crippen molar-refractivity contribution in [2.24, 2.45) is 0 Å². The third kappa shape index (κ3) is 4.49. The van der Waals surface area contributed by atoms with Crippen molar-refractivity contribution in [3.8, 4) is 11.4 Å². The van der Waals surface area contributed by atoms with Gasteiger partial charge in [0.2, 0.25) is 11.1 Å². The Hall–Kier alpha value is -2.67. The van der Waals surface area contributed by atoms with Gasteiger partial charge in [-0.15, -0.1) is 5.10 Å². The second-order valence-electron chi connectivity index (χ2n) is 5.87. The summed E-state index contributed by atoms with van der Waals surface area (Å²) in [5.74, 6) is 0.244. The zero-order valence-electron chi connectivity index (χ0n) is 14.4. The van der Waals surface area contributed by atoms with Gasteiger partial charge in [0, 0.05) is 5.56 Å². The second-order valence-corrected chi connectivity index (χ2v) is 7.18. The van der Waals surface area contributed by atoms with E-state index < -0.39 is 0 Å². The van der Waals surface area contributed by atoms with Crippen molar-refractivity contribution in [3.63, 3.8) is 0 Å². The topological polar surface area (TPSA) is 70.7 Å². The average molecular weight is 370 g/mol. The smallest absolute Gasteiger partial charge is 0.233 e. The number of thioether (sulfide) groups is 1. The third-order valence-corrected chi connectivity index (χ3v) is 4.85. The fraction of sp³-hybridized carbons (Fsp3) is 0.211. The summed E-state index contributed by atoms with van der Waals surface area (Å²) in [5.41, 5.74) is 1.79. The van der Waals surface area contributed by atoms with E-state index in [-0.39, 0.29) is 23.0 Å². The van der Waals surface area contributed by atoms with Gasteiger partial charge in [0.05, 0.1) is 11.3 Å². The zero-order chi connectivity index (χ0) is 18.5. The summed E-state index contributed by atoms with van der Waals surface area (Å²) in [6.45, 7) is 3.67. The van der Waals surface area contributed by atoms with E-state index in [1.807, 2.05) is 37.3 Å². The number of aromatic amines is 1. The fourth-order valence-corrected chi connectivity index (χ4v) is 3.14. The lowest BCUT2D eigenvalue weighted by Crippen LogP contribution is -2.33. The molecule has 2 atom stereocenters. The van der Waals surface area contributed by atoms with E-state index in [0.29, 0.717) is 11.0 Å². The number of aromatic nitrogens is 3. The molecule has 5 nitrogen and oxygen atoms in total. The maximum atomic E-state index is 13.0. The molecule has 0 unspecified atom stereocenters. The molecule has 0 saturated heterocycles. The summed E-state index contributed by atoms with van der Waals surface area (Å²) in [4.78, 5) is 16.8. The van der Waals surface area contributed by atoms with E-state index in [2.05, 4.69) is 20.5 Å². The molecule has 3 rings (SSSR count). The van der Waals surface area contributed by atoms with E-state index in [9.17, 15) is 9.18 Å². The molecule has 0 radical (unpaired) electrons. The normalized spacial score (nSPS) is 13.2. The number of halogens is 1. The number of rotatable bonds is 6. The lowest BCUT2D eigenvalue weighted by atomic mass is 10.1. The molecule has 0 saturated carbocycles. The van der Waals surface area contributed by atoms with Crippen LogP contribution in [0.3, 0.4) is 0 Å². The predicted octanol–water partition coefficient (Wildman–Crippen LogP) is 3.97. The Balaban J connectivity index is 1.59. The number of nitrogens with one attached hydrogen (secondary N) is 2. The number of benzene rings is 2. The molecule has 2 aromatic carbocycles. The van der Waals surface area contributed by atoms with Crippen molar-refractivity contribution in [2.75, 3.05) is 0 Å². The minimum Gasteiger partial charge on any atom is -0.349 e. The van der Waals surface area contributed by atoms with Gasteiger partial charge < -0.3 is 5.32 Å².